The maximum absolute atomic E-state index is 11.4. The normalized spacial score (nSPS) is 10.0. The van der Waals surface area contributed by atoms with E-state index < -0.39 is 5.91 Å². The van der Waals surface area contributed by atoms with Crippen LogP contribution >= 0.6 is 23.8 Å². The van der Waals surface area contributed by atoms with E-state index in [1.165, 1.54) is 0 Å². The quantitative estimate of drug-likeness (QED) is 0.757. The third-order valence-corrected chi connectivity index (χ3v) is 3.33. The van der Waals surface area contributed by atoms with Gasteiger partial charge in [-0.05, 0) is 49.0 Å². The van der Waals surface area contributed by atoms with Crippen LogP contribution in [0.5, 0.6) is 0 Å². The SMILES string of the molecule is Cc1ccc(Cl)cc1NC(=S)Nc1ccccc1C(N)=O. The third-order valence-electron chi connectivity index (χ3n) is 2.89. The Bertz CT molecular complexity index is 703. The zero-order valence-electron chi connectivity index (χ0n) is 11.3. The summed E-state index contributed by atoms with van der Waals surface area (Å²) in [5.74, 6) is -0.514. The topological polar surface area (TPSA) is 67.2 Å². The molecule has 2 rings (SSSR count). The van der Waals surface area contributed by atoms with Crippen LogP contribution in [0, 0.1) is 6.92 Å². The van der Waals surface area contributed by atoms with Gasteiger partial charge in [-0.3, -0.25) is 4.79 Å². The number of nitrogens with two attached hydrogens (primary N) is 1. The van der Waals surface area contributed by atoms with Crippen molar-refractivity contribution in [3.05, 3.63) is 58.6 Å². The summed E-state index contributed by atoms with van der Waals surface area (Å²) in [5.41, 5.74) is 8.07. The molecule has 108 valence electrons. The maximum Gasteiger partial charge on any atom is 0.250 e. The van der Waals surface area contributed by atoms with Crippen molar-refractivity contribution in [2.45, 2.75) is 6.92 Å². The molecular formula is C15H14ClN3OS. The van der Waals surface area contributed by atoms with Crippen LogP contribution in [0.3, 0.4) is 0 Å². The van der Waals surface area contributed by atoms with Gasteiger partial charge in [-0.25, -0.2) is 0 Å². The number of nitrogens with one attached hydrogen (secondary N) is 2. The van der Waals surface area contributed by atoms with Gasteiger partial charge in [0.25, 0.3) is 5.91 Å². The molecule has 1 amide bonds. The van der Waals surface area contributed by atoms with E-state index >= 15 is 0 Å². The number of halogens is 1. The highest BCUT2D eigenvalue weighted by Gasteiger charge is 2.09. The van der Waals surface area contributed by atoms with Gasteiger partial charge in [0.2, 0.25) is 0 Å². The average Bonchev–Trinajstić information content (AvgIpc) is 2.43. The number of para-hydroxylation sites is 1. The van der Waals surface area contributed by atoms with Gasteiger partial charge < -0.3 is 16.4 Å². The van der Waals surface area contributed by atoms with E-state index in [-0.39, 0.29) is 0 Å². The Balaban J connectivity index is 2.16. The largest absolute Gasteiger partial charge is 0.366 e. The molecule has 0 saturated heterocycles. The molecule has 0 saturated carbocycles. The molecule has 0 spiro atoms. The lowest BCUT2D eigenvalue weighted by atomic mass is 10.1. The molecule has 4 nitrogen and oxygen atoms in total. The van der Waals surface area contributed by atoms with E-state index in [2.05, 4.69) is 10.6 Å². The highest BCUT2D eigenvalue weighted by molar-refractivity contribution is 7.80. The summed E-state index contributed by atoms with van der Waals surface area (Å²) in [6.07, 6.45) is 0. The number of amides is 1. The zero-order chi connectivity index (χ0) is 15.4. The Morgan fingerprint density at radius 3 is 2.52 bits per heavy atom. The number of thiocarbonyl (C=S) groups is 1. The fourth-order valence-electron chi connectivity index (χ4n) is 1.81. The molecule has 2 aromatic carbocycles. The first-order chi connectivity index (χ1) is 9.97. The number of carbonyl (C=O) groups is 1. The molecule has 0 aliphatic carbocycles. The Labute approximate surface area is 133 Å². The first-order valence-electron chi connectivity index (χ1n) is 6.20. The standard InChI is InChI=1S/C15H14ClN3OS/c1-9-6-7-10(16)8-13(9)19-15(21)18-12-5-3-2-4-11(12)14(17)20/h2-8H,1H3,(H2,17,20)(H2,18,19,21). The van der Waals surface area contributed by atoms with Crippen molar-refractivity contribution in [3.8, 4) is 0 Å². The zero-order valence-corrected chi connectivity index (χ0v) is 12.9. The van der Waals surface area contributed by atoms with Gasteiger partial charge in [-0.1, -0.05) is 29.8 Å². The van der Waals surface area contributed by atoms with Gasteiger partial charge in [0.05, 0.1) is 11.3 Å². The van der Waals surface area contributed by atoms with Crippen molar-refractivity contribution >= 4 is 46.2 Å². The molecule has 21 heavy (non-hydrogen) atoms. The Morgan fingerprint density at radius 2 is 1.81 bits per heavy atom. The van der Waals surface area contributed by atoms with Crippen LogP contribution in [0.25, 0.3) is 0 Å². The van der Waals surface area contributed by atoms with Crippen LogP contribution in [0.1, 0.15) is 15.9 Å². The van der Waals surface area contributed by atoms with E-state index in [0.717, 1.165) is 11.3 Å². The molecule has 0 heterocycles. The van der Waals surface area contributed by atoms with E-state index in [4.69, 9.17) is 29.6 Å². The molecule has 0 radical (unpaired) electrons. The highest BCUT2D eigenvalue weighted by Crippen LogP contribution is 2.21. The monoisotopic (exact) mass is 319 g/mol. The number of hydrogen-bond donors (Lipinski definition) is 3. The second-order valence-corrected chi connectivity index (χ2v) is 5.29. The number of benzene rings is 2. The molecule has 2 aromatic rings. The third kappa shape index (κ3) is 3.93. The van der Waals surface area contributed by atoms with Crippen LogP contribution in [-0.4, -0.2) is 11.0 Å². The summed E-state index contributed by atoms with van der Waals surface area (Å²) in [5, 5.41) is 6.98. The highest BCUT2D eigenvalue weighted by atomic mass is 35.5. The summed E-state index contributed by atoms with van der Waals surface area (Å²) in [6.45, 7) is 1.94. The van der Waals surface area contributed by atoms with Gasteiger partial charge in [-0.15, -0.1) is 0 Å². The molecular weight excluding hydrogens is 306 g/mol. The van der Waals surface area contributed by atoms with Crippen LogP contribution < -0.4 is 16.4 Å². The fourth-order valence-corrected chi connectivity index (χ4v) is 2.20. The van der Waals surface area contributed by atoms with E-state index in [9.17, 15) is 4.79 Å². The average molecular weight is 320 g/mol. The van der Waals surface area contributed by atoms with Gasteiger partial charge >= 0.3 is 0 Å². The molecule has 0 aliphatic heterocycles. The molecule has 0 atom stereocenters. The van der Waals surface area contributed by atoms with Crippen molar-refractivity contribution in [1.82, 2.24) is 0 Å². The molecule has 0 unspecified atom stereocenters. The maximum atomic E-state index is 11.4. The van der Waals surface area contributed by atoms with Gasteiger partial charge in [-0.2, -0.15) is 0 Å². The fraction of sp³-hybridized carbons (Fsp3) is 0.0667. The first-order valence-corrected chi connectivity index (χ1v) is 6.99. The Kier molecular flexibility index (Phi) is 4.77. The first kappa shape index (κ1) is 15.3. The van der Waals surface area contributed by atoms with E-state index in [0.29, 0.717) is 21.4 Å². The summed E-state index contributed by atoms with van der Waals surface area (Å²) >= 11 is 11.2. The van der Waals surface area contributed by atoms with Crippen molar-refractivity contribution in [3.63, 3.8) is 0 Å². The van der Waals surface area contributed by atoms with E-state index in [1.807, 2.05) is 13.0 Å². The number of aryl methyl sites for hydroxylation is 1. The summed E-state index contributed by atoms with van der Waals surface area (Å²) in [6, 6.07) is 12.4. The lowest BCUT2D eigenvalue weighted by molar-refractivity contribution is 0.100. The van der Waals surface area contributed by atoms with Gasteiger partial charge in [0, 0.05) is 10.7 Å². The van der Waals surface area contributed by atoms with Crippen molar-refractivity contribution in [1.29, 1.82) is 0 Å². The van der Waals surface area contributed by atoms with Crippen molar-refractivity contribution < 1.29 is 4.79 Å². The second-order valence-electron chi connectivity index (χ2n) is 4.45. The Hall–Kier alpha value is -2.11. The number of carbonyl (C=O) groups excluding carboxylic acids is 1. The predicted molar refractivity (Wildman–Crippen MR) is 91.0 cm³/mol. The minimum Gasteiger partial charge on any atom is -0.366 e. The summed E-state index contributed by atoms with van der Waals surface area (Å²) in [4.78, 5) is 11.4. The van der Waals surface area contributed by atoms with Crippen LogP contribution in [0.4, 0.5) is 11.4 Å². The molecule has 0 fully saturated rings. The molecule has 0 bridgehead atoms. The summed E-state index contributed by atoms with van der Waals surface area (Å²) < 4.78 is 0. The molecule has 0 aromatic heterocycles. The summed E-state index contributed by atoms with van der Waals surface area (Å²) in [7, 11) is 0. The molecule has 4 N–H and O–H groups in total. The van der Waals surface area contributed by atoms with Gasteiger partial charge in [0.1, 0.15) is 0 Å². The second kappa shape index (κ2) is 6.56. The molecule has 6 heteroatoms. The van der Waals surface area contributed by atoms with Crippen molar-refractivity contribution in [2.24, 2.45) is 5.73 Å². The van der Waals surface area contributed by atoms with Crippen LogP contribution in [0.2, 0.25) is 5.02 Å². The molecule has 0 aliphatic rings. The number of hydrogen-bond acceptors (Lipinski definition) is 2. The minimum absolute atomic E-state index is 0.356. The van der Waals surface area contributed by atoms with Crippen LogP contribution in [0.15, 0.2) is 42.5 Å². The van der Waals surface area contributed by atoms with Crippen molar-refractivity contribution in [2.75, 3.05) is 10.6 Å². The van der Waals surface area contributed by atoms with E-state index in [1.54, 1.807) is 36.4 Å². The lowest BCUT2D eigenvalue weighted by Crippen LogP contribution is -2.22. The predicted octanol–water partition coefficient (Wildman–Crippen LogP) is 3.56. The smallest absolute Gasteiger partial charge is 0.250 e. The number of rotatable bonds is 3. The number of primary amides is 1. The minimum atomic E-state index is -0.514. The lowest BCUT2D eigenvalue weighted by Gasteiger charge is -2.14. The number of anilines is 2. The Morgan fingerprint density at radius 1 is 1.14 bits per heavy atom. The van der Waals surface area contributed by atoms with Gasteiger partial charge in [0.15, 0.2) is 5.11 Å². The van der Waals surface area contributed by atoms with Crippen LogP contribution in [-0.2, 0) is 0 Å².